The monoisotopic (exact) mass is 233 g/mol. The predicted molar refractivity (Wildman–Crippen MR) is 67.0 cm³/mol. The van der Waals surface area contributed by atoms with Gasteiger partial charge in [-0.25, -0.2) is 0 Å². The molecule has 1 aromatic rings. The minimum Gasteiger partial charge on any atom is -0.486 e. The molecule has 1 N–H and O–H groups in total. The Labute approximate surface area is 102 Å². The van der Waals surface area contributed by atoms with Crippen molar-refractivity contribution in [2.24, 2.45) is 0 Å². The number of benzene rings is 1. The zero-order chi connectivity index (χ0) is 11.7. The topological polar surface area (TPSA) is 30.5 Å². The van der Waals surface area contributed by atoms with Crippen LogP contribution < -0.4 is 14.8 Å². The van der Waals surface area contributed by atoms with E-state index < -0.39 is 0 Å². The Balaban J connectivity index is 1.94. The maximum Gasteiger partial charge on any atom is 0.164 e. The summed E-state index contributed by atoms with van der Waals surface area (Å²) in [5.74, 6) is 2.55. The molecule has 0 unspecified atom stereocenters. The van der Waals surface area contributed by atoms with Gasteiger partial charge >= 0.3 is 0 Å². The normalized spacial score (nSPS) is 20.3. The molecule has 2 aliphatic rings. The molecule has 1 fully saturated rings. The number of ether oxygens (including phenoxy) is 2. The first-order chi connectivity index (χ1) is 8.36. The van der Waals surface area contributed by atoms with E-state index in [4.69, 9.17) is 9.47 Å². The van der Waals surface area contributed by atoms with Gasteiger partial charge in [-0.05, 0) is 56.0 Å². The molecule has 0 aromatic heterocycles. The highest BCUT2D eigenvalue weighted by atomic mass is 16.6. The molecule has 0 radical (unpaired) electrons. The molecule has 92 valence electrons. The number of hydrogen-bond acceptors (Lipinski definition) is 3. The van der Waals surface area contributed by atoms with E-state index in [9.17, 15) is 0 Å². The summed E-state index contributed by atoms with van der Waals surface area (Å²) in [5.41, 5.74) is 2.71. The zero-order valence-corrected chi connectivity index (χ0v) is 10.3. The van der Waals surface area contributed by atoms with Crippen molar-refractivity contribution in [1.29, 1.82) is 0 Å². The van der Waals surface area contributed by atoms with Gasteiger partial charge in [-0.3, -0.25) is 0 Å². The highest BCUT2D eigenvalue weighted by molar-refractivity contribution is 5.51. The number of rotatable bonds is 1. The van der Waals surface area contributed by atoms with E-state index in [0.29, 0.717) is 19.1 Å². The zero-order valence-electron chi connectivity index (χ0n) is 10.3. The van der Waals surface area contributed by atoms with E-state index in [1.807, 2.05) is 0 Å². The lowest BCUT2D eigenvalue weighted by molar-refractivity contribution is 0.170. The Hall–Kier alpha value is -1.22. The summed E-state index contributed by atoms with van der Waals surface area (Å²) < 4.78 is 11.4. The third kappa shape index (κ3) is 2.00. The number of piperidine rings is 1. The Morgan fingerprint density at radius 3 is 2.71 bits per heavy atom. The standard InChI is InChI=1S/C14H19NO2/c1-10-12(11-4-6-15-7-5-11)2-3-13-14(10)17-9-8-16-13/h2-3,11,15H,4-9H2,1H3. The highest BCUT2D eigenvalue weighted by Crippen LogP contribution is 2.39. The van der Waals surface area contributed by atoms with Crippen LogP contribution in [0, 0.1) is 6.92 Å². The van der Waals surface area contributed by atoms with Crippen LogP contribution in [0.1, 0.15) is 29.9 Å². The lowest BCUT2D eigenvalue weighted by Gasteiger charge is -2.27. The van der Waals surface area contributed by atoms with Crippen LogP contribution in [0.15, 0.2) is 12.1 Å². The lowest BCUT2D eigenvalue weighted by atomic mass is 9.87. The fourth-order valence-corrected chi connectivity index (χ4v) is 2.85. The van der Waals surface area contributed by atoms with Gasteiger partial charge in [0.2, 0.25) is 0 Å². The van der Waals surface area contributed by atoms with Crippen LogP contribution in [-0.2, 0) is 0 Å². The molecule has 0 saturated carbocycles. The second-order valence-corrected chi connectivity index (χ2v) is 4.83. The van der Waals surface area contributed by atoms with Gasteiger partial charge in [0.1, 0.15) is 13.2 Å². The molecule has 0 aliphatic carbocycles. The van der Waals surface area contributed by atoms with Crippen molar-refractivity contribution in [1.82, 2.24) is 5.32 Å². The molecule has 0 spiro atoms. The molecule has 0 atom stereocenters. The fourth-order valence-electron chi connectivity index (χ4n) is 2.85. The van der Waals surface area contributed by atoms with Gasteiger partial charge in [0.25, 0.3) is 0 Å². The van der Waals surface area contributed by atoms with Crippen molar-refractivity contribution in [2.45, 2.75) is 25.7 Å². The second kappa shape index (κ2) is 4.57. The fraction of sp³-hybridized carbons (Fsp3) is 0.571. The van der Waals surface area contributed by atoms with Crippen LogP contribution in [0.25, 0.3) is 0 Å². The first-order valence-electron chi connectivity index (χ1n) is 6.46. The Kier molecular flexibility index (Phi) is 2.93. The van der Waals surface area contributed by atoms with Gasteiger partial charge in [0.15, 0.2) is 11.5 Å². The molecule has 1 saturated heterocycles. The predicted octanol–water partition coefficient (Wildman–Crippen LogP) is 2.23. The van der Waals surface area contributed by atoms with Crippen molar-refractivity contribution in [3.8, 4) is 11.5 Å². The summed E-state index contributed by atoms with van der Waals surface area (Å²) in [6.45, 7) is 5.74. The van der Waals surface area contributed by atoms with Gasteiger partial charge in [-0.15, -0.1) is 0 Å². The van der Waals surface area contributed by atoms with Crippen molar-refractivity contribution in [2.75, 3.05) is 26.3 Å². The summed E-state index contributed by atoms with van der Waals surface area (Å²) in [6, 6.07) is 4.29. The summed E-state index contributed by atoms with van der Waals surface area (Å²) >= 11 is 0. The SMILES string of the molecule is Cc1c(C2CCNCC2)ccc2c1OCCO2. The van der Waals surface area contributed by atoms with Crippen molar-refractivity contribution in [3.63, 3.8) is 0 Å². The van der Waals surface area contributed by atoms with Gasteiger partial charge in [-0.1, -0.05) is 6.07 Å². The van der Waals surface area contributed by atoms with Crippen LogP contribution in [0.2, 0.25) is 0 Å². The maximum absolute atomic E-state index is 5.75. The van der Waals surface area contributed by atoms with Crippen LogP contribution in [0.5, 0.6) is 11.5 Å². The summed E-state index contributed by atoms with van der Waals surface area (Å²) in [5, 5.41) is 3.41. The van der Waals surface area contributed by atoms with Gasteiger partial charge in [-0.2, -0.15) is 0 Å². The van der Waals surface area contributed by atoms with E-state index in [0.717, 1.165) is 24.6 Å². The minimum atomic E-state index is 0.666. The summed E-state index contributed by atoms with van der Waals surface area (Å²) in [6.07, 6.45) is 2.45. The summed E-state index contributed by atoms with van der Waals surface area (Å²) in [7, 11) is 0. The van der Waals surface area contributed by atoms with Crippen molar-refractivity contribution in [3.05, 3.63) is 23.3 Å². The molecular formula is C14H19NO2. The van der Waals surface area contributed by atoms with Crippen LogP contribution in [-0.4, -0.2) is 26.3 Å². The molecule has 3 heteroatoms. The first kappa shape index (κ1) is 10.9. The van der Waals surface area contributed by atoms with Crippen molar-refractivity contribution >= 4 is 0 Å². The number of nitrogens with one attached hydrogen (secondary N) is 1. The van der Waals surface area contributed by atoms with Crippen LogP contribution in [0.4, 0.5) is 0 Å². The van der Waals surface area contributed by atoms with Crippen LogP contribution in [0.3, 0.4) is 0 Å². The molecule has 17 heavy (non-hydrogen) atoms. The quantitative estimate of drug-likeness (QED) is 0.807. The third-order valence-electron chi connectivity index (χ3n) is 3.78. The molecule has 0 bridgehead atoms. The average Bonchev–Trinajstić information content (AvgIpc) is 2.40. The lowest BCUT2D eigenvalue weighted by Crippen LogP contribution is -2.27. The summed E-state index contributed by atoms with van der Waals surface area (Å²) in [4.78, 5) is 0. The molecule has 1 aromatic carbocycles. The maximum atomic E-state index is 5.75. The molecule has 3 nitrogen and oxygen atoms in total. The Bertz CT molecular complexity index is 411. The Morgan fingerprint density at radius 1 is 1.12 bits per heavy atom. The molecule has 2 aliphatic heterocycles. The van der Waals surface area contributed by atoms with Gasteiger partial charge in [0, 0.05) is 0 Å². The van der Waals surface area contributed by atoms with Gasteiger partial charge in [0.05, 0.1) is 0 Å². The smallest absolute Gasteiger partial charge is 0.164 e. The van der Waals surface area contributed by atoms with Crippen LogP contribution >= 0.6 is 0 Å². The molecule has 2 heterocycles. The van der Waals surface area contributed by atoms with Crippen molar-refractivity contribution < 1.29 is 9.47 Å². The minimum absolute atomic E-state index is 0.666. The number of hydrogen-bond donors (Lipinski definition) is 1. The highest BCUT2D eigenvalue weighted by Gasteiger charge is 2.22. The van der Waals surface area contributed by atoms with Gasteiger partial charge < -0.3 is 14.8 Å². The molecule has 3 rings (SSSR count). The third-order valence-corrected chi connectivity index (χ3v) is 3.78. The van der Waals surface area contributed by atoms with E-state index in [2.05, 4.69) is 24.4 Å². The first-order valence-corrected chi connectivity index (χ1v) is 6.46. The Morgan fingerprint density at radius 2 is 1.88 bits per heavy atom. The van der Waals surface area contributed by atoms with E-state index in [-0.39, 0.29) is 0 Å². The second-order valence-electron chi connectivity index (χ2n) is 4.83. The van der Waals surface area contributed by atoms with E-state index in [1.54, 1.807) is 0 Å². The molecular weight excluding hydrogens is 214 g/mol. The van der Waals surface area contributed by atoms with E-state index >= 15 is 0 Å². The molecule has 0 amide bonds. The van der Waals surface area contributed by atoms with E-state index in [1.165, 1.54) is 24.0 Å². The number of fused-ring (bicyclic) bond motifs is 1. The average molecular weight is 233 g/mol. The largest absolute Gasteiger partial charge is 0.486 e.